The molecule has 0 aliphatic carbocycles. The maximum Gasteiger partial charge on any atom is 0.188 e. The van der Waals surface area contributed by atoms with Gasteiger partial charge < -0.3 is 11.1 Å². The molecule has 0 spiro atoms. The van der Waals surface area contributed by atoms with E-state index in [0.29, 0.717) is 12.5 Å². The van der Waals surface area contributed by atoms with Crippen molar-refractivity contribution in [2.75, 3.05) is 6.54 Å². The summed E-state index contributed by atoms with van der Waals surface area (Å²) in [6, 6.07) is 14.2. The molecule has 0 unspecified atom stereocenters. The van der Waals surface area contributed by atoms with Crippen LogP contribution in [0.25, 0.3) is 5.69 Å². The lowest BCUT2D eigenvalue weighted by molar-refractivity contribution is 0.856. The van der Waals surface area contributed by atoms with Crippen LogP contribution in [0.5, 0.6) is 0 Å². The maximum absolute atomic E-state index is 5.94. The summed E-state index contributed by atoms with van der Waals surface area (Å²) in [4.78, 5) is 5.76. The Hall–Kier alpha value is -1.87. The Bertz CT molecular complexity index is 796. The second kappa shape index (κ2) is 9.57. The Morgan fingerprint density at radius 2 is 2.04 bits per heavy atom. The molecule has 7 heteroatoms. The van der Waals surface area contributed by atoms with Gasteiger partial charge in [-0.25, -0.2) is 9.67 Å². The number of aromatic nitrogens is 2. The molecule has 0 bridgehead atoms. The van der Waals surface area contributed by atoms with Gasteiger partial charge in [-0.1, -0.05) is 24.3 Å². The first-order valence-electron chi connectivity index (χ1n) is 7.89. The number of guanidine groups is 1. The van der Waals surface area contributed by atoms with Crippen LogP contribution in [-0.4, -0.2) is 22.3 Å². The van der Waals surface area contributed by atoms with Crippen molar-refractivity contribution in [3.05, 3.63) is 70.2 Å². The van der Waals surface area contributed by atoms with E-state index in [1.54, 1.807) is 11.3 Å². The molecule has 5 nitrogen and oxygen atoms in total. The van der Waals surface area contributed by atoms with E-state index in [1.807, 2.05) is 48.1 Å². The number of hydrogen-bond donors (Lipinski definition) is 2. The molecule has 25 heavy (non-hydrogen) atoms. The first kappa shape index (κ1) is 19.5. The molecule has 0 aliphatic rings. The summed E-state index contributed by atoms with van der Waals surface area (Å²) < 4.78 is 1.88. The number of benzene rings is 1. The van der Waals surface area contributed by atoms with Gasteiger partial charge in [-0.05, 0) is 36.9 Å². The summed E-state index contributed by atoms with van der Waals surface area (Å²) >= 11 is 1.76. The van der Waals surface area contributed by atoms with Crippen molar-refractivity contribution < 1.29 is 0 Å². The predicted octanol–water partition coefficient (Wildman–Crippen LogP) is 3.51. The fourth-order valence-electron chi connectivity index (χ4n) is 2.36. The Morgan fingerprint density at radius 3 is 2.76 bits per heavy atom. The number of thiophene rings is 1. The molecular formula is C18H22IN5S. The van der Waals surface area contributed by atoms with Gasteiger partial charge in [-0.15, -0.1) is 35.3 Å². The molecule has 0 amide bonds. The molecule has 3 N–H and O–H groups in total. The van der Waals surface area contributed by atoms with E-state index >= 15 is 0 Å². The van der Waals surface area contributed by atoms with E-state index in [9.17, 15) is 0 Å². The van der Waals surface area contributed by atoms with Crippen molar-refractivity contribution in [3.8, 4) is 5.69 Å². The van der Waals surface area contributed by atoms with Gasteiger partial charge in [-0.2, -0.15) is 5.10 Å². The van der Waals surface area contributed by atoms with Gasteiger partial charge in [0, 0.05) is 23.2 Å². The molecular weight excluding hydrogens is 445 g/mol. The zero-order chi connectivity index (χ0) is 16.8. The van der Waals surface area contributed by atoms with Gasteiger partial charge in [0.2, 0.25) is 0 Å². The number of hydrogen-bond acceptors (Lipinski definition) is 3. The number of rotatable bonds is 6. The monoisotopic (exact) mass is 467 g/mol. The molecule has 0 radical (unpaired) electrons. The van der Waals surface area contributed by atoms with E-state index in [1.165, 1.54) is 4.88 Å². The van der Waals surface area contributed by atoms with Crippen LogP contribution in [0.15, 0.2) is 59.0 Å². The molecule has 1 aromatic carbocycles. The quantitative estimate of drug-likeness (QED) is 0.331. The third-order valence-corrected chi connectivity index (χ3v) is 4.63. The molecule has 0 saturated heterocycles. The topological polar surface area (TPSA) is 68.2 Å². The Morgan fingerprint density at radius 1 is 1.24 bits per heavy atom. The maximum atomic E-state index is 5.94. The molecule has 0 fully saturated rings. The molecule has 0 atom stereocenters. The zero-order valence-electron chi connectivity index (χ0n) is 14.1. The van der Waals surface area contributed by atoms with Gasteiger partial charge in [-0.3, -0.25) is 0 Å². The lowest BCUT2D eigenvalue weighted by Crippen LogP contribution is -2.33. The summed E-state index contributed by atoms with van der Waals surface area (Å²) in [5.41, 5.74) is 9.02. The number of halogens is 1. The first-order chi connectivity index (χ1) is 11.7. The molecule has 2 aromatic heterocycles. The highest BCUT2D eigenvalue weighted by Gasteiger charge is 2.06. The van der Waals surface area contributed by atoms with Crippen LogP contribution >= 0.6 is 35.3 Å². The van der Waals surface area contributed by atoms with Crippen molar-refractivity contribution in [1.29, 1.82) is 0 Å². The highest BCUT2D eigenvalue weighted by Crippen LogP contribution is 2.12. The predicted molar refractivity (Wildman–Crippen MR) is 115 cm³/mol. The smallest absolute Gasteiger partial charge is 0.188 e. The summed E-state index contributed by atoms with van der Waals surface area (Å²) in [6.07, 6.45) is 2.96. The largest absolute Gasteiger partial charge is 0.370 e. The average molecular weight is 467 g/mol. The summed E-state index contributed by atoms with van der Waals surface area (Å²) in [5, 5.41) is 9.78. The third-order valence-electron chi connectivity index (χ3n) is 3.70. The van der Waals surface area contributed by atoms with Gasteiger partial charge in [0.1, 0.15) is 0 Å². The Labute approximate surface area is 169 Å². The number of nitrogens with one attached hydrogen (secondary N) is 1. The second-order valence-electron chi connectivity index (χ2n) is 5.48. The van der Waals surface area contributed by atoms with Crippen molar-refractivity contribution in [2.45, 2.75) is 19.9 Å². The summed E-state index contributed by atoms with van der Waals surface area (Å²) in [6.45, 7) is 3.30. The minimum Gasteiger partial charge on any atom is -0.370 e. The second-order valence-corrected chi connectivity index (χ2v) is 6.51. The van der Waals surface area contributed by atoms with Crippen molar-refractivity contribution >= 4 is 41.3 Å². The molecule has 0 saturated carbocycles. The summed E-state index contributed by atoms with van der Waals surface area (Å²) in [5.74, 6) is 0.471. The first-order valence-corrected chi connectivity index (χ1v) is 8.77. The highest BCUT2D eigenvalue weighted by molar-refractivity contribution is 14.0. The van der Waals surface area contributed by atoms with Crippen LogP contribution in [0, 0.1) is 6.92 Å². The number of nitrogens with zero attached hydrogens (tertiary/aromatic N) is 3. The number of nitrogens with two attached hydrogens (primary N) is 1. The fraction of sp³-hybridized carbons (Fsp3) is 0.222. The van der Waals surface area contributed by atoms with Crippen LogP contribution in [0.3, 0.4) is 0 Å². The molecule has 2 heterocycles. The highest BCUT2D eigenvalue weighted by atomic mass is 127. The van der Waals surface area contributed by atoms with E-state index in [2.05, 4.69) is 32.9 Å². The zero-order valence-corrected chi connectivity index (χ0v) is 17.2. The van der Waals surface area contributed by atoms with E-state index in [4.69, 9.17) is 5.73 Å². The van der Waals surface area contributed by atoms with Crippen molar-refractivity contribution in [2.24, 2.45) is 10.7 Å². The SMILES string of the molecule is Cc1nn(-c2ccccc2)cc1CN=C(N)NCCc1cccs1.I. The van der Waals surface area contributed by atoms with Gasteiger partial charge in [0.25, 0.3) is 0 Å². The van der Waals surface area contributed by atoms with Crippen LogP contribution in [0.2, 0.25) is 0 Å². The molecule has 132 valence electrons. The Balaban J connectivity index is 0.00000225. The van der Waals surface area contributed by atoms with E-state index in [0.717, 1.165) is 29.9 Å². The van der Waals surface area contributed by atoms with Crippen LogP contribution in [0.4, 0.5) is 0 Å². The molecule has 3 rings (SSSR count). The van der Waals surface area contributed by atoms with Gasteiger partial charge in [0.05, 0.1) is 17.9 Å². The lowest BCUT2D eigenvalue weighted by Gasteiger charge is -2.04. The number of para-hydroxylation sites is 1. The number of aryl methyl sites for hydroxylation is 1. The third kappa shape index (κ3) is 5.57. The van der Waals surface area contributed by atoms with Crippen LogP contribution in [0.1, 0.15) is 16.1 Å². The van der Waals surface area contributed by atoms with Crippen molar-refractivity contribution in [1.82, 2.24) is 15.1 Å². The van der Waals surface area contributed by atoms with Crippen LogP contribution in [-0.2, 0) is 13.0 Å². The van der Waals surface area contributed by atoms with Gasteiger partial charge >= 0.3 is 0 Å². The Kier molecular flexibility index (Phi) is 7.45. The van der Waals surface area contributed by atoms with Crippen molar-refractivity contribution in [3.63, 3.8) is 0 Å². The fourth-order valence-corrected chi connectivity index (χ4v) is 3.07. The van der Waals surface area contributed by atoms with Crippen LogP contribution < -0.4 is 11.1 Å². The summed E-state index contributed by atoms with van der Waals surface area (Å²) in [7, 11) is 0. The molecule has 0 aliphatic heterocycles. The minimum atomic E-state index is 0. The lowest BCUT2D eigenvalue weighted by atomic mass is 10.3. The van der Waals surface area contributed by atoms with Gasteiger partial charge in [0.15, 0.2) is 5.96 Å². The van der Waals surface area contributed by atoms with E-state index in [-0.39, 0.29) is 24.0 Å². The average Bonchev–Trinajstić information content (AvgIpc) is 3.24. The molecule has 3 aromatic rings. The standard InChI is InChI=1S/C18H21N5S.HI/c1-14-15(13-23(22-14)16-6-3-2-4-7-16)12-21-18(19)20-10-9-17-8-5-11-24-17;/h2-8,11,13H,9-10,12H2,1H3,(H3,19,20,21);1H. The minimum absolute atomic E-state index is 0. The normalized spacial score (nSPS) is 11.2. The van der Waals surface area contributed by atoms with E-state index < -0.39 is 0 Å². The number of aliphatic imine (C=N–C) groups is 1.